The SMILES string of the molecule is COC[C@H]1C[C@H](OC)CN1C(=O)CCCCC(=O)CCCSSCCOCCOCCC(=O)CC(CCCOC(=O)CCCCCCCNC(=O)CCCOC1OC(CO)C(O)C(O)C1C)(CCCOC(=O)CCCCCCCNC(=O)CCCOC1OC(CO)C(O)C(O)C1C)CCCOC(=O)NCCCCCCCC(=O)CCCOC1OC(CO)C(O)C(O)C1C. The lowest BCUT2D eigenvalue weighted by Gasteiger charge is -2.40. The number of hydrogen-bond donors (Lipinski definition) is 12. The Kier molecular flexibility index (Phi) is 64.4. The van der Waals surface area contributed by atoms with Crippen molar-refractivity contribution in [3.8, 4) is 0 Å². The van der Waals surface area contributed by atoms with E-state index in [0.29, 0.717) is 168 Å². The lowest BCUT2D eigenvalue weighted by atomic mass is 9.71. The smallest absolute Gasteiger partial charge is 0.407 e. The molecule has 0 bridgehead atoms. The third-order valence-corrected chi connectivity index (χ3v) is 26.6. The summed E-state index contributed by atoms with van der Waals surface area (Å²) in [6.07, 6.45) is 8.74. The number of alkyl carbamates (subject to hydrolysis) is 1. The predicted molar refractivity (Wildman–Crippen MR) is 478 cm³/mol. The summed E-state index contributed by atoms with van der Waals surface area (Å²) in [6, 6.07) is 0.0106. The van der Waals surface area contributed by atoms with Crippen LogP contribution in [0.2, 0.25) is 0 Å². The number of nitrogens with one attached hydrogen (secondary N) is 3. The van der Waals surface area contributed by atoms with Crippen molar-refractivity contribution in [2.24, 2.45) is 23.2 Å². The molecule has 17 atom stereocenters. The highest BCUT2D eigenvalue weighted by molar-refractivity contribution is 8.76. The van der Waals surface area contributed by atoms with Gasteiger partial charge in [0.25, 0.3) is 0 Å². The Hall–Kier alpha value is -4.43. The number of aliphatic hydroxyl groups is 9. The normalized spacial score (nSPS) is 24.6. The summed E-state index contributed by atoms with van der Waals surface area (Å²) in [4.78, 5) is 119. The van der Waals surface area contributed by atoms with E-state index in [-0.39, 0.29) is 151 Å². The van der Waals surface area contributed by atoms with E-state index < -0.39 is 123 Å². The number of hydrogen-bond acceptors (Lipinski definition) is 33. The molecule has 4 fully saturated rings. The zero-order valence-corrected chi connectivity index (χ0v) is 78.9. The molecule has 35 nitrogen and oxygen atoms in total. The van der Waals surface area contributed by atoms with Gasteiger partial charge in [-0.1, -0.05) is 100 Å². The van der Waals surface area contributed by atoms with Gasteiger partial charge in [-0.3, -0.25) is 38.4 Å². The van der Waals surface area contributed by atoms with Gasteiger partial charge in [0.1, 0.15) is 54.0 Å². The van der Waals surface area contributed by atoms with Gasteiger partial charge in [0, 0.05) is 140 Å². The van der Waals surface area contributed by atoms with Gasteiger partial charge in [-0.25, -0.2) is 4.79 Å². The predicted octanol–water partition coefficient (Wildman–Crippen LogP) is 7.50. The van der Waals surface area contributed by atoms with E-state index in [1.807, 2.05) is 4.90 Å². The number of carbonyl (C=O) groups is 9. The van der Waals surface area contributed by atoms with Crippen LogP contribution < -0.4 is 16.0 Å². The van der Waals surface area contributed by atoms with E-state index >= 15 is 0 Å². The molecule has 4 heterocycles. The summed E-state index contributed by atoms with van der Waals surface area (Å²) in [6.45, 7) is 8.18. The fourth-order valence-corrected chi connectivity index (χ4v) is 18.1. The van der Waals surface area contributed by atoms with Crippen molar-refractivity contribution >= 4 is 74.7 Å². The highest BCUT2D eigenvalue weighted by atomic mass is 33.1. The monoisotopic (exact) mass is 1870 g/mol. The minimum atomic E-state index is -1.23. The molecule has 128 heavy (non-hydrogen) atoms. The van der Waals surface area contributed by atoms with Crippen molar-refractivity contribution in [3.05, 3.63) is 0 Å². The third-order valence-electron chi connectivity index (χ3n) is 24.1. The summed E-state index contributed by atoms with van der Waals surface area (Å²) >= 11 is 0. The Morgan fingerprint density at radius 2 is 0.781 bits per heavy atom. The van der Waals surface area contributed by atoms with Crippen molar-refractivity contribution in [3.63, 3.8) is 0 Å². The first-order valence-corrected chi connectivity index (χ1v) is 50.0. The van der Waals surface area contributed by atoms with Crippen molar-refractivity contribution in [1.29, 1.82) is 0 Å². The quantitative estimate of drug-likeness (QED) is 0.0121. The molecule has 0 saturated carbocycles. The largest absolute Gasteiger partial charge is 0.466 e. The number of Topliss-reactive ketones (excluding diaryl/α,β-unsaturated/α-hetero) is 3. The van der Waals surface area contributed by atoms with E-state index in [2.05, 4.69) is 16.0 Å². The van der Waals surface area contributed by atoms with E-state index in [1.165, 1.54) is 0 Å². The van der Waals surface area contributed by atoms with Gasteiger partial charge in [0.15, 0.2) is 18.9 Å². The molecule has 4 amide bonds. The number of unbranched alkanes of at least 4 members (excludes halogenated alkanes) is 13. The molecular formula is C91H162N4O31S2. The average Bonchev–Trinajstić information content (AvgIpc) is 1.26. The Bertz CT molecular complexity index is 2770. The lowest BCUT2D eigenvalue weighted by molar-refractivity contribution is -0.282. The molecule has 0 spiro atoms. The second kappa shape index (κ2) is 71.1. The molecule has 744 valence electrons. The molecule has 0 aromatic heterocycles. The first-order chi connectivity index (χ1) is 61.8. The van der Waals surface area contributed by atoms with Gasteiger partial charge < -0.3 is 128 Å². The van der Waals surface area contributed by atoms with Crippen LogP contribution in [-0.4, -0.2) is 334 Å². The van der Waals surface area contributed by atoms with Crippen LogP contribution in [-0.2, 0) is 99.9 Å². The van der Waals surface area contributed by atoms with Gasteiger partial charge in [-0.15, -0.1) is 0 Å². The van der Waals surface area contributed by atoms with Crippen LogP contribution in [0.1, 0.15) is 271 Å². The molecule has 0 aliphatic carbocycles. The highest BCUT2D eigenvalue weighted by Gasteiger charge is 2.45. The standard InChI is InChI=1S/C91H162N4O31S2/c1-65-81(107)84(110)73(61-96)124-87(65)120-46-23-32-69(99)30-15-9-6-14-22-45-94-90(113)123-51-29-42-91(40-27-49-118-79(105)37-16-10-7-12-20-43-92-76(102)34-24-47-121-88-66(2)82(108)85(111)74(62-97)125-88,41-28-50-119-80(106)38-17-11-8-13-21-44-93-77(103)35-25-48-122-89-67(3)83(109)86(112)75(63-98)126-89)59-71(101)39-52-116-53-54-117-55-57-128-127-56-26-33-70(100)31-18-19-36-78(104)95-60-72(115-5)58-68(95)64-114-4/h65-68,72-75,81-89,96-98,107-112H,6-64H2,1-5H3,(H,92,102)(H,93,103)(H,94,113)/t65?,66?,67?,68-,72+,73?,74?,75?,81?,82?,83?,84?,85?,86?,87?,88?,89?,91?/m1/s1. The Balaban J connectivity index is 1.24. The van der Waals surface area contributed by atoms with E-state index in [4.69, 9.17) is 61.6 Å². The van der Waals surface area contributed by atoms with Crippen LogP contribution in [0.3, 0.4) is 0 Å². The molecule has 0 radical (unpaired) electrons. The molecule has 0 aromatic carbocycles. The number of aliphatic hydroxyl groups excluding tert-OH is 9. The maximum absolute atomic E-state index is 14.2. The molecule has 0 aromatic rings. The summed E-state index contributed by atoms with van der Waals surface area (Å²) in [5.74, 6) is -0.612. The number of likely N-dealkylation sites (tertiary alicyclic amines) is 1. The van der Waals surface area contributed by atoms with Crippen molar-refractivity contribution in [1.82, 2.24) is 20.9 Å². The maximum Gasteiger partial charge on any atom is 0.407 e. The second-order valence-electron chi connectivity index (χ2n) is 34.7. The average molecular weight is 1870 g/mol. The highest BCUT2D eigenvalue weighted by Crippen LogP contribution is 2.40. The first-order valence-electron chi connectivity index (χ1n) is 47.5. The summed E-state index contributed by atoms with van der Waals surface area (Å²) in [5, 5.41) is 98.4. The topological polar surface area (TPSA) is 495 Å². The lowest BCUT2D eigenvalue weighted by Crippen LogP contribution is -2.55. The van der Waals surface area contributed by atoms with Crippen LogP contribution >= 0.6 is 21.6 Å². The molecule has 4 rings (SSSR count). The minimum absolute atomic E-state index is 0.00967. The second-order valence-corrected chi connectivity index (χ2v) is 37.4. The Labute approximate surface area is 767 Å². The van der Waals surface area contributed by atoms with Crippen LogP contribution in [0.25, 0.3) is 0 Å². The van der Waals surface area contributed by atoms with E-state index in [0.717, 1.165) is 101 Å². The number of ketones is 3. The fourth-order valence-electron chi connectivity index (χ4n) is 16.2. The number of ether oxygens (including phenoxy) is 13. The summed E-state index contributed by atoms with van der Waals surface area (Å²) in [5.41, 5.74) is -0.672. The van der Waals surface area contributed by atoms with Gasteiger partial charge in [-0.2, -0.15) is 0 Å². The molecule has 37 heteroatoms. The van der Waals surface area contributed by atoms with Crippen LogP contribution in [0.15, 0.2) is 0 Å². The molecule has 4 aliphatic heterocycles. The molecule has 4 saturated heterocycles. The van der Waals surface area contributed by atoms with Crippen molar-refractivity contribution in [2.45, 2.75) is 357 Å². The molecule has 15 unspecified atom stereocenters. The maximum atomic E-state index is 14.2. The number of carbonyl (C=O) groups excluding carboxylic acids is 9. The van der Waals surface area contributed by atoms with Crippen molar-refractivity contribution < 1.29 is 151 Å². The molecule has 12 N–H and O–H groups in total. The van der Waals surface area contributed by atoms with E-state index in [9.17, 15) is 89.1 Å². The zero-order chi connectivity index (χ0) is 93.5. The Morgan fingerprint density at radius 3 is 1.24 bits per heavy atom. The Morgan fingerprint density at radius 1 is 0.391 bits per heavy atom. The minimum Gasteiger partial charge on any atom is -0.466 e. The molecule has 4 aliphatic rings. The van der Waals surface area contributed by atoms with E-state index in [1.54, 1.807) is 56.6 Å². The van der Waals surface area contributed by atoms with Gasteiger partial charge in [0.05, 0.1) is 123 Å². The zero-order valence-electron chi connectivity index (χ0n) is 77.3. The van der Waals surface area contributed by atoms with Gasteiger partial charge in [-0.05, 0) is 127 Å². The van der Waals surface area contributed by atoms with Crippen LogP contribution in [0.4, 0.5) is 4.79 Å². The number of methoxy groups -OCH3 is 2. The van der Waals surface area contributed by atoms with Crippen molar-refractivity contribution in [2.75, 3.05) is 144 Å². The van der Waals surface area contributed by atoms with Crippen LogP contribution in [0, 0.1) is 23.2 Å². The number of esters is 2. The third kappa shape index (κ3) is 49.7. The van der Waals surface area contributed by atoms with Gasteiger partial charge >= 0.3 is 18.0 Å². The number of amides is 4. The fraction of sp³-hybridized carbons (Fsp3) is 0.901. The number of nitrogens with zero attached hydrogens (tertiary/aromatic N) is 1. The molecular weight excluding hydrogens is 1710 g/mol. The van der Waals surface area contributed by atoms with Crippen LogP contribution in [0.5, 0.6) is 0 Å². The number of rotatable bonds is 78. The summed E-state index contributed by atoms with van der Waals surface area (Å²) in [7, 11) is 6.65. The van der Waals surface area contributed by atoms with Gasteiger partial charge in [0.2, 0.25) is 17.7 Å². The summed E-state index contributed by atoms with van der Waals surface area (Å²) < 4.78 is 73.8. The first kappa shape index (κ1) is 116.